The van der Waals surface area contributed by atoms with Crippen LogP contribution in [-0.4, -0.2) is 32.7 Å². The van der Waals surface area contributed by atoms with Gasteiger partial charge in [0.1, 0.15) is 5.82 Å². The van der Waals surface area contributed by atoms with Crippen molar-refractivity contribution in [3.63, 3.8) is 0 Å². The van der Waals surface area contributed by atoms with E-state index in [0.29, 0.717) is 10.0 Å². The van der Waals surface area contributed by atoms with E-state index in [4.69, 9.17) is 0 Å². The number of benzene rings is 2. The third kappa shape index (κ3) is 3.82. The molecule has 2 aromatic rings. The van der Waals surface area contributed by atoms with Crippen molar-refractivity contribution >= 4 is 37.5 Å². The molecular formula is C16H16BrFN2O3S. The smallest absolute Gasteiger partial charge is 0.258 e. The summed E-state index contributed by atoms with van der Waals surface area (Å²) in [6.45, 7) is 1.66. The van der Waals surface area contributed by atoms with Crippen LogP contribution in [0.15, 0.2) is 45.8 Å². The van der Waals surface area contributed by atoms with Gasteiger partial charge in [-0.1, -0.05) is 22.0 Å². The molecule has 0 saturated carbocycles. The molecule has 0 unspecified atom stereocenters. The number of carbonyl (C=O) groups excluding carboxylic acids is 1. The van der Waals surface area contributed by atoms with Crippen LogP contribution in [-0.2, 0) is 10.0 Å². The van der Waals surface area contributed by atoms with Crippen molar-refractivity contribution in [2.24, 2.45) is 0 Å². The van der Waals surface area contributed by atoms with Crippen LogP contribution in [0, 0.1) is 12.7 Å². The molecule has 0 saturated heterocycles. The Bertz CT molecular complexity index is 898. The minimum Gasteiger partial charge on any atom is -0.322 e. The van der Waals surface area contributed by atoms with E-state index >= 15 is 0 Å². The molecule has 0 bridgehead atoms. The second-order valence-corrected chi connectivity index (χ2v) is 8.38. The second-order valence-electron chi connectivity index (χ2n) is 5.35. The highest BCUT2D eigenvalue weighted by molar-refractivity contribution is 9.10. The first-order chi connectivity index (χ1) is 11.1. The van der Waals surface area contributed by atoms with Crippen molar-refractivity contribution in [2.45, 2.75) is 11.8 Å². The van der Waals surface area contributed by atoms with Gasteiger partial charge in [0.15, 0.2) is 0 Å². The lowest BCUT2D eigenvalue weighted by molar-refractivity contribution is 0.102. The minimum absolute atomic E-state index is 0.0848. The van der Waals surface area contributed by atoms with Gasteiger partial charge in [0.25, 0.3) is 5.91 Å². The maximum atomic E-state index is 13.8. The fourth-order valence-corrected chi connectivity index (χ4v) is 3.50. The van der Waals surface area contributed by atoms with Crippen LogP contribution in [0.4, 0.5) is 10.1 Å². The Labute approximate surface area is 148 Å². The fourth-order valence-electron chi connectivity index (χ4n) is 2.02. The highest BCUT2D eigenvalue weighted by Gasteiger charge is 2.21. The predicted octanol–water partition coefficient (Wildman–Crippen LogP) is 3.40. The van der Waals surface area contributed by atoms with Gasteiger partial charge >= 0.3 is 0 Å². The monoisotopic (exact) mass is 414 g/mol. The molecule has 5 nitrogen and oxygen atoms in total. The standard InChI is InChI=1S/C16H16BrFN2O3S/c1-10-4-6-12(9-15(10)24(22,23)20(2)3)19-16(21)13-7-5-11(17)8-14(13)18/h4-9H,1-3H3,(H,19,21). The summed E-state index contributed by atoms with van der Waals surface area (Å²) in [6.07, 6.45) is 0. The van der Waals surface area contributed by atoms with Crippen LogP contribution in [0.25, 0.3) is 0 Å². The van der Waals surface area contributed by atoms with Gasteiger partial charge in [0.2, 0.25) is 10.0 Å². The summed E-state index contributed by atoms with van der Waals surface area (Å²) >= 11 is 3.12. The molecule has 24 heavy (non-hydrogen) atoms. The Hall–Kier alpha value is -1.77. The van der Waals surface area contributed by atoms with E-state index in [0.717, 1.165) is 4.31 Å². The molecule has 128 valence electrons. The number of carbonyl (C=O) groups is 1. The Morgan fingerprint density at radius 1 is 1.17 bits per heavy atom. The number of halogens is 2. The zero-order valence-corrected chi connectivity index (χ0v) is 15.7. The van der Waals surface area contributed by atoms with Gasteiger partial charge in [-0.15, -0.1) is 0 Å². The molecule has 2 aromatic carbocycles. The molecule has 0 fully saturated rings. The molecule has 0 aliphatic carbocycles. The van der Waals surface area contributed by atoms with Crippen LogP contribution >= 0.6 is 15.9 Å². The number of nitrogens with zero attached hydrogens (tertiary/aromatic N) is 1. The van der Waals surface area contributed by atoms with Gasteiger partial charge in [-0.2, -0.15) is 0 Å². The van der Waals surface area contributed by atoms with Crippen LogP contribution in [0.5, 0.6) is 0 Å². The summed E-state index contributed by atoms with van der Waals surface area (Å²) in [5.74, 6) is -1.33. The molecule has 0 atom stereocenters. The van der Waals surface area contributed by atoms with Gasteiger partial charge in [-0.05, 0) is 42.8 Å². The zero-order chi connectivity index (χ0) is 18.1. The summed E-state index contributed by atoms with van der Waals surface area (Å²) in [5, 5.41) is 2.52. The van der Waals surface area contributed by atoms with Gasteiger partial charge in [0.05, 0.1) is 10.5 Å². The molecule has 0 aromatic heterocycles. The lowest BCUT2D eigenvalue weighted by Crippen LogP contribution is -2.23. The van der Waals surface area contributed by atoms with Crippen LogP contribution in [0.2, 0.25) is 0 Å². The summed E-state index contributed by atoms with van der Waals surface area (Å²) in [4.78, 5) is 12.3. The molecule has 1 amide bonds. The largest absolute Gasteiger partial charge is 0.322 e. The van der Waals surface area contributed by atoms with E-state index in [2.05, 4.69) is 21.2 Å². The Kier molecular flexibility index (Phi) is 5.42. The van der Waals surface area contributed by atoms with Crippen molar-refractivity contribution < 1.29 is 17.6 Å². The Morgan fingerprint density at radius 2 is 1.83 bits per heavy atom. The minimum atomic E-state index is -3.64. The number of rotatable bonds is 4. The number of amides is 1. The van der Waals surface area contributed by atoms with Crippen molar-refractivity contribution in [2.75, 3.05) is 19.4 Å². The molecule has 8 heteroatoms. The molecular weight excluding hydrogens is 399 g/mol. The highest BCUT2D eigenvalue weighted by atomic mass is 79.9. The second kappa shape index (κ2) is 7.00. The Morgan fingerprint density at radius 3 is 2.42 bits per heavy atom. The van der Waals surface area contributed by atoms with Crippen molar-refractivity contribution in [1.82, 2.24) is 4.31 Å². The summed E-state index contributed by atoms with van der Waals surface area (Å²) in [7, 11) is -0.787. The van der Waals surface area contributed by atoms with Gasteiger partial charge in [-0.25, -0.2) is 17.1 Å². The van der Waals surface area contributed by atoms with E-state index < -0.39 is 21.7 Å². The first-order valence-corrected chi connectivity index (χ1v) is 9.16. The summed E-state index contributed by atoms with van der Waals surface area (Å²) in [5.41, 5.74) is 0.695. The third-order valence-electron chi connectivity index (χ3n) is 3.38. The quantitative estimate of drug-likeness (QED) is 0.833. The number of aryl methyl sites for hydroxylation is 1. The average Bonchev–Trinajstić information content (AvgIpc) is 2.48. The molecule has 2 rings (SSSR count). The average molecular weight is 415 g/mol. The first kappa shape index (κ1) is 18.6. The normalized spacial score (nSPS) is 11.6. The van der Waals surface area contributed by atoms with E-state index in [9.17, 15) is 17.6 Å². The maximum Gasteiger partial charge on any atom is 0.258 e. The van der Waals surface area contributed by atoms with Crippen molar-refractivity contribution in [1.29, 1.82) is 0 Å². The highest BCUT2D eigenvalue weighted by Crippen LogP contribution is 2.23. The molecule has 0 spiro atoms. The van der Waals surface area contributed by atoms with Gasteiger partial charge < -0.3 is 5.32 Å². The number of hydrogen-bond acceptors (Lipinski definition) is 3. The number of nitrogens with one attached hydrogen (secondary N) is 1. The predicted molar refractivity (Wildman–Crippen MR) is 94.1 cm³/mol. The molecule has 0 radical (unpaired) electrons. The lowest BCUT2D eigenvalue weighted by atomic mass is 10.2. The van der Waals surface area contributed by atoms with Crippen molar-refractivity contribution in [3.8, 4) is 0 Å². The fraction of sp³-hybridized carbons (Fsp3) is 0.188. The summed E-state index contributed by atoms with van der Waals surface area (Å²) < 4.78 is 40.1. The van der Waals surface area contributed by atoms with E-state index in [-0.39, 0.29) is 16.1 Å². The van der Waals surface area contributed by atoms with Gasteiger partial charge in [0, 0.05) is 24.3 Å². The molecule has 0 heterocycles. The number of hydrogen-bond donors (Lipinski definition) is 1. The Balaban J connectivity index is 2.36. The van der Waals surface area contributed by atoms with Crippen molar-refractivity contribution in [3.05, 3.63) is 57.8 Å². The first-order valence-electron chi connectivity index (χ1n) is 6.92. The van der Waals surface area contributed by atoms with E-state index in [1.807, 2.05) is 0 Å². The van der Waals surface area contributed by atoms with Gasteiger partial charge in [-0.3, -0.25) is 4.79 Å². The van der Waals surface area contributed by atoms with E-state index in [1.54, 1.807) is 25.1 Å². The SMILES string of the molecule is Cc1ccc(NC(=O)c2ccc(Br)cc2F)cc1S(=O)(=O)N(C)C. The molecule has 1 N–H and O–H groups in total. The van der Waals surface area contributed by atoms with Crippen LogP contribution < -0.4 is 5.32 Å². The van der Waals surface area contributed by atoms with Crippen LogP contribution in [0.1, 0.15) is 15.9 Å². The lowest BCUT2D eigenvalue weighted by Gasteiger charge is -2.15. The van der Waals surface area contributed by atoms with Crippen LogP contribution in [0.3, 0.4) is 0 Å². The topological polar surface area (TPSA) is 66.5 Å². The maximum absolute atomic E-state index is 13.8. The number of anilines is 1. The van der Waals surface area contributed by atoms with E-state index in [1.165, 1.54) is 32.3 Å². The summed E-state index contributed by atoms with van der Waals surface area (Å²) in [6, 6.07) is 8.60. The molecule has 0 aliphatic rings. The molecule has 0 aliphatic heterocycles. The zero-order valence-electron chi connectivity index (χ0n) is 13.3. The third-order valence-corrected chi connectivity index (χ3v) is 5.83. The number of sulfonamides is 1.